The fourth-order valence-electron chi connectivity index (χ4n) is 1.63. The van der Waals surface area contributed by atoms with Crippen molar-refractivity contribution in [2.24, 2.45) is 5.16 Å². The van der Waals surface area contributed by atoms with Crippen molar-refractivity contribution in [3.05, 3.63) is 11.4 Å². The molecule has 0 amide bonds. The Kier molecular flexibility index (Phi) is 3.66. The first-order chi connectivity index (χ1) is 10.2. The number of alkyl halides is 6. The van der Waals surface area contributed by atoms with Crippen LogP contribution in [0.3, 0.4) is 0 Å². The van der Waals surface area contributed by atoms with Crippen molar-refractivity contribution in [3.63, 3.8) is 0 Å². The number of hydrogen-bond donors (Lipinski definition) is 1. The van der Waals surface area contributed by atoms with Crippen LogP contribution in [0.15, 0.2) is 5.16 Å². The van der Waals surface area contributed by atoms with E-state index < -0.39 is 49.5 Å². The van der Waals surface area contributed by atoms with E-state index in [1.54, 1.807) is 0 Å². The normalized spacial score (nSPS) is 21.9. The van der Waals surface area contributed by atoms with Crippen LogP contribution in [0.25, 0.3) is 0 Å². The number of hydrogen-bond acceptors (Lipinski definition) is 6. The Morgan fingerprint density at radius 3 is 2.09 bits per heavy atom. The largest absolute Gasteiger partial charge is 0.437 e. The second kappa shape index (κ2) is 4.82. The summed E-state index contributed by atoms with van der Waals surface area (Å²) in [6.45, 7) is 2.05. The van der Waals surface area contributed by atoms with Crippen molar-refractivity contribution in [1.29, 1.82) is 0 Å². The molecular formula is C9H8F6N4O3S. The first kappa shape index (κ1) is 17.5. The van der Waals surface area contributed by atoms with Crippen molar-refractivity contribution in [2.75, 3.05) is 0 Å². The number of rotatable bonds is 2. The van der Waals surface area contributed by atoms with Crippen LogP contribution >= 0.6 is 0 Å². The summed E-state index contributed by atoms with van der Waals surface area (Å²) in [6.07, 6.45) is -8.00. The standard InChI is InChI=1S/C9H8F6N4O3S/c1-7(2)3(10)6(18-22-7)23(20,21)9(14,15)5-4(8(11,12)13)16-19-17-5/h3H,1-2H3,(H,16,17,19). The zero-order valence-electron chi connectivity index (χ0n) is 11.3. The molecule has 1 aliphatic heterocycles. The smallest absolute Gasteiger partial charge is 0.385 e. The predicted molar refractivity (Wildman–Crippen MR) is 61.7 cm³/mol. The van der Waals surface area contributed by atoms with Crippen LogP contribution in [0.1, 0.15) is 25.2 Å². The highest BCUT2D eigenvalue weighted by Gasteiger charge is 2.61. The third kappa shape index (κ3) is 2.53. The van der Waals surface area contributed by atoms with Gasteiger partial charge in [0.25, 0.3) is 9.84 Å². The molecule has 1 aromatic rings. The molecule has 0 spiro atoms. The molecule has 0 saturated carbocycles. The number of halogens is 6. The molecule has 0 bridgehead atoms. The van der Waals surface area contributed by atoms with Gasteiger partial charge in [0.15, 0.2) is 23.2 Å². The van der Waals surface area contributed by atoms with E-state index in [0.717, 1.165) is 13.8 Å². The van der Waals surface area contributed by atoms with Crippen molar-refractivity contribution in [2.45, 2.75) is 37.1 Å². The molecule has 1 N–H and O–H groups in total. The number of aromatic amines is 1. The fraction of sp³-hybridized carbons (Fsp3) is 0.667. The van der Waals surface area contributed by atoms with Gasteiger partial charge in [-0.3, -0.25) is 0 Å². The SMILES string of the molecule is CC1(C)ON=C(S(=O)(=O)C(F)(F)c2n[nH]nc2C(F)(F)F)C1F. The summed E-state index contributed by atoms with van der Waals surface area (Å²) < 4.78 is 104. The van der Waals surface area contributed by atoms with Crippen LogP contribution in [-0.4, -0.2) is 40.6 Å². The molecule has 1 unspecified atom stereocenters. The average Bonchev–Trinajstić information content (AvgIpc) is 2.95. The maximum Gasteiger partial charge on any atom is 0.437 e. The minimum absolute atomic E-state index is 1.03. The Morgan fingerprint density at radius 1 is 1.13 bits per heavy atom. The second-order valence-electron chi connectivity index (χ2n) is 5.03. The number of oxime groups is 1. The number of nitrogens with one attached hydrogen (secondary N) is 1. The van der Waals surface area contributed by atoms with E-state index in [1.165, 1.54) is 5.21 Å². The predicted octanol–water partition coefficient (Wildman–Crippen LogP) is 1.75. The van der Waals surface area contributed by atoms with Crippen molar-refractivity contribution in [3.8, 4) is 0 Å². The Balaban J connectivity index is 2.55. The molecule has 2 heterocycles. The van der Waals surface area contributed by atoms with Gasteiger partial charge in [-0.2, -0.15) is 37.4 Å². The molecule has 1 aliphatic rings. The molecule has 1 atom stereocenters. The zero-order valence-corrected chi connectivity index (χ0v) is 12.1. The van der Waals surface area contributed by atoms with E-state index in [1.807, 2.05) is 0 Å². The zero-order chi connectivity index (χ0) is 17.8. The lowest BCUT2D eigenvalue weighted by molar-refractivity contribution is -0.143. The van der Waals surface area contributed by atoms with Crippen LogP contribution in [0.4, 0.5) is 26.3 Å². The molecule has 7 nitrogen and oxygen atoms in total. The Labute approximate surface area is 124 Å². The third-order valence-corrected chi connectivity index (χ3v) is 4.60. The summed E-state index contributed by atoms with van der Waals surface area (Å²) in [5.41, 5.74) is -6.31. The van der Waals surface area contributed by atoms with Gasteiger partial charge in [-0.1, -0.05) is 5.16 Å². The van der Waals surface area contributed by atoms with Gasteiger partial charge in [-0.05, 0) is 13.8 Å². The molecular weight excluding hydrogens is 358 g/mol. The Hall–Kier alpha value is -1.86. The van der Waals surface area contributed by atoms with Crippen LogP contribution in [0, 0.1) is 0 Å². The van der Waals surface area contributed by atoms with Gasteiger partial charge in [0.2, 0.25) is 5.04 Å². The van der Waals surface area contributed by atoms with Gasteiger partial charge in [0, 0.05) is 0 Å². The third-order valence-electron chi connectivity index (χ3n) is 2.90. The fourth-order valence-corrected chi connectivity index (χ4v) is 2.98. The molecule has 130 valence electrons. The quantitative estimate of drug-likeness (QED) is 0.805. The van der Waals surface area contributed by atoms with Crippen LogP contribution in [-0.2, 0) is 26.1 Å². The van der Waals surface area contributed by atoms with Crippen LogP contribution in [0.5, 0.6) is 0 Å². The summed E-state index contributed by atoms with van der Waals surface area (Å²) in [6, 6.07) is 0. The lowest BCUT2D eigenvalue weighted by Gasteiger charge is -2.20. The highest BCUT2D eigenvalue weighted by Crippen LogP contribution is 2.43. The van der Waals surface area contributed by atoms with Gasteiger partial charge < -0.3 is 4.84 Å². The average molecular weight is 366 g/mol. The van der Waals surface area contributed by atoms with E-state index in [4.69, 9.17) is 0 Å². The lowest BCUT2D eigenvalue weighted by atomic mass is 10.1. The van der Waals surface area contributed by atoms with Gasteiger partial charge in [0.1, 0.15) is 0 Å². The summed E-state index contributed by atoms with van der Waals surface area (Å²) >= 11 is 0. The molecule has 0 radical (unpaired) electrons. The maximum atomic E-state index is 14.1. The minimum Gasteiger partial charge on any atom is -0.385 e. The molecule has 14 heteroatoms. The second-order valence-corrected chi connectivity index (χ2v) is 6.96. The summed E-state index contributed by atoms with van der Waals surface area (Å²) in [5.74, 6) is 0. The first-order valence-corrected chi connectivity index (χ1v) is 7.22. The summed E-state index contributed by atoms with van der Waals surface area (Å²) in [7, 11) is -5.97. The van der Waals surface area contributed by atoms with Crippen LogP contribution in [0.2, 0.25) is 0 Å². The Morgan fingerprint density at radius 2 is 1.65 bits per heavy atom. The maximum absolute atomic E-state index is 14.1. The minimum atomic E-state index is -5.97. The van der Waals surface area contributed by atoms with Gasteiger partial charge >= 0.3 is 11.4 Å². The number of H-pyrrole nitrogens is 1. The molecule has 2 rings (SSSR count). The van der Waals surface area contributed by atoms with Crippen molar-refractivity contribution in [1.82, 2.24) is 15.4 Å². The van der Waals surface area contributed by atoms with Gasteiger partial charge in [-0.15, -0.1) is 0 Å². The number of sulfone groups is 1. The van der Waals surface area contributed by atoms with E-state index >= 15 is 0 Å². The van der Waals surface area contributed by atoms with E-state index in [0.29, 0.717) is 0 Å². The molecule has 23 heavy (non-hydrogen) atoms. The highest BCUT2D eigenvalue weighted by atomic mass is 32.2. The molecule has 0 saturated heterocycles. The molecule has 0 fully saturated rings. The van der Waals surface area contributed by atoms with E-state index in [2.05, 4.69) is 20.2 Å². The monoisotopic (exact) mass is 366 g/mol. The Bertz CT molecular complexity index is 754. The van der Waals surface area contributed by atoms with E-state index in [9.17, 15) is 34.8 Å². The summed E-state index contributed by atoms with van der Waals surface area (Å²) in [4.78, 5) is 4.40. The first-order valence-electron chi connectivity index (χ1n) is 5.74. The van der Waals surface area contributed by atoms with Crippen molar-refractivity contribution < 1.29 is 39.6 Å². The molecule has 1 aromatic heterocycles. The topological polar surface area (TPSA) is 97.3 Å². The molecule has 0 aliphatic carbocycles. The van der Waals surface area contributed by atoms with Crippen molar-refractivity contribution >= 4 is 14.9 Å². The lowest BCUT2D eigenvalue weighted by Crippen LogP contribution is -2.43. The van der Waals surface area contributed by atoms with Crippen LogP contribution < -0.4 is 0 Å². The summed E-state index contributed by atoms with van der Waals surface area (Å²) in [5, 5.41) is 2.09. The van der Waals surface area contributed by atoms with Gasteiger partial charge in [-0.25, -0.2) is 12.8 Å². The highest BCUT2D eigenvalue weighted by molar-refractivity contribution is 8.07. The number of aromatic nitrogens is 3. The molecule has 0 aromatic carbocycles. The van der Waals surface area contributed by atoms with E-state index in [-0.39, 0.29) is 0 Å². The van der Waals surface area contributed by atoms with Gasteiger partial charge in [0.05, 0.1) is 0 Å². The number of nitrogens with zero attached hydrogens (tertiary/aromatic N) is 3.